The molecule has 1 N–H and O–H groups in total. The molecule has 3 rings (SSSR count). The van der Waals surface area contributed by atoms with Crippen LogP contribution in [0.4, 0.5) is 0 Å². The van der Waals surface area contributed by atoms with Gasteiger partial charge in [-0.1, -0.05) is 22.0 Å². The second-order valence-electron chi connectivity index (χ2n) is 5.88. The molecule has 2 fully saturated rings. The van der Waals surface area contributed by atoms with E-state index in [9.17, 15) is 0 Å². The molecular formula is C15H20BrNO. The molecule has 0 aromatic heterocycles. The van der Waals surface area contributed by atoms with Crippen LogP contribution in [-0.2, 0) is 0 Å². The normalized spacial score (nSPS) is 21.4. The van der Waals surface area contributed by atoms with E-state index in [0.717, 1.165) is 22.7 Å². The van der Waals surface area contributed by atoms with Crippen molar-refractivity contribution in [3.8, 4) is 5.75 Å². The maximum Gasteiger partial charge on any atom is 0.123 e. The molecule has 0 radical (unpaired) electrons. The highest BCUT2D eigenvalue weighted by atomic mass is 79.9. The van der Waals surface area contributed by atoms with Crippen LogP contribution in [0.1, 0.15) is 24.8 Å². The van der Waals surface area contributed by atoms with Crippen molar-refractivity contribution in [1.29, 1.82) is 0 Å². The highest BCUT2D eigenvalue weighted by Gasteiger charge is 2.47. The van der Waals surface area contributed by atoms with E-state index in [-0.39, 0.29) is 0 Å². The van der Waals surface area contributed by atoms with Crippen LogP contribution in [0.5, 0.6) is 5.75 Å². The summed E-state index contributed by atoms with van der Waals surface area (Å²) in [4.78, 5) is 0. The average Bonchev–Trinajstić information content (AvgIpc) is 2.24. The molecule has 1 aliphatic heterocycles. The second kappa shape index (κ2) is 4.86. The summed E-state index contributed by atoms with van der Waals surface area (Å²) in [6.07, 6.45) is 4.01. The van der Waals surface area contributed by atoms with Crippen molar-refractivity contribution in [2.45, 2.75) is 26.2 Å². The van der Waals surface area contributed by atoms with Gasteiger partial charge in [-0.05, 0) is 49.7 Å². The van der Waals surface area contributed by atoms with Gasteiger partial charge >= 0.3 is 0 Å². The first-order chi connectivity index (χ1) is 8.69. The Balaban J connectivity index is 1.43. The van der Waals surface area contributed by atoms with Crippen LogP contribution in [0.3, 0.4) is 0 Å². The monoisotopic (exact) mass is 309 g/mol. The summed E-state index contributed by atoms with van der Waals surface area (Å²) in [7, 11) is 0. The van der Waals surface area contributed by atoms with E-state index in [4.69, 9.17) is 4.74 Å². The lowest BCUT2D eigenvalue weighted by molar-refractivity contribution is -0.00839. The number of ether oxygens (including phenoxy) is 1. The molecule has 98 valence electrons. The van der Waals surface area contributed by atoms with Crippen molar-refractivity contribution < 1.29 is 4.74 Å². The molecule has 0 unspecified atom stereocenters. The minimum Gasteiger partial charge on any atom is -0.493 e. The fourth-order valence-electron chi connectivity index (χ4n) is 3.22. The Kier molecular flexibility index (Phi) is 3.37. The summed E-state index contributed by atoms with van der Waals surface area (Å²) in [6.45, 7) is 5.44. The Hall–Kier alpha value is -0.540. The van der Waals surface area contributed by atoms with Gasteiger partial charge in [0, 0.05) is 23.1 Å². The molecule has 3 heteroatoms. The second-order valence-corrected chi connectivity index (χ2v) is 6.73. The fraction of sp³-hybridized carbons (Fsp3) is 0.600. The highest BCUT2D eigenvalue weighted by Crippen LogP contribution is 2.49. The van der Waals surface area contributed by atoms with Crippen molar-refractivity contribution in [2.24, 2.45) is 11.3 Å². The molecular weight excluding hydrogens is 290 g/mol. The average molecular weight is 310 g/mol. The van der Waals surface area contributed by atoms with Crippen LogP contribution < -0.4 is 10.1 Å². The number of halogens is 1. The van der Waals surface area contributed by atoms with Crippen LogP contribution >= 0.6 is 15.9 Å². The molecule has 0 atom stereocenters. The standard InChI is InChI=1S/C15H20BrNO/c1-11-13(16)3-2-4-14(11)18-6-5-12-7-15(8-12)9-17-10-15/h2-4,12,17H,5-10H2,1H3. The van der Waals surface area contributed by atoms with Crippen molar-refractivity contribution in [3.05, 3.63) is 28.2 Å². The number of benzene rings is 1. The number of rotatable bonds is 4. The summed E-state index contributed by atoms with van der Waals surface area (Å²) < 4.78 is 7.03. The van der Waals surface area contributed by atoms with E-state index in [1.54, 1.807) is 0 Å². The van der Waals surface area contributed by atoms with Gasteiger partial charge in [-0.2, -0.15) is 0 Å². The molecule has 1 aromatic rings. The van der Waals surface area contributed by atoms with Gasteiger partial charge in [0.05, 0.1) is 6.61 Å². The maximum absolute atomic E-state index is 5.90. The molecule has 2 nitrogen and oxygen atoms in total. The summed E-state index contributed by atoms with van der Waals surface area (Å²) >= 11 is 3.54. The van der Waals surface area contributed by atoms with Crippen LogP contribution in [0.15, 0.2) is 22.7 Å². The molecule has 1 saturated heterocycles. The van der Waals surface area contributed by atoms with E-state index >= 15 is 0 Å². The Morgan fingerprint density at radius 2 is 2.17 bits per heavy atom. The topological polar surface area (TPSA) is 21.3 Å². The molecule has 1 aliphatic carbocycles. The number of hydrogen-bond donors (Lipinski definition) is 1. The largest absolute Gasteiger partial charge is 0.493 e. The van der Waals surface area contributed by atoms with E-state index < -0.39 is 0 Å². The van der Waals surface area contributed by atoms with Gasteiger partial charge in [0.25, 0.3) is 0 Å². The Morgan fingerprint density at radius 3 is 2.83 bits per heavy atom. The Morgan fingerprint density at radius 1 is 1.39 bits per heavy atom. The van der Waals surface area contributed by atoms with E-state index in [1.807, 2.05) is 6.07 Å². The van der Waals surface area contributed by atoms with Crippen molar-refractivity contribution in [2.75, 3.05) is 19.7 Å². The van der Waals surface area contributed by atoms with Crippen molar-refractivity contribution in [3.63, 3.8) is 0 Å². The smallest absolute Gasteiger partial charge is 0.123 e. The predicted molar refractivity (Wildman–Crippen MR) is 77.0 cm³/mol. The first-order valence-electron chi connectivity index (χ1n) is 6.77. The zero-order valence-electron chi connectivity index (χ0n) is 10.8. The predicted octanol–water partition coefficient (Wildman–Crippen LogP) is 3.53. The molecule has 1 spiro atoms. The van der Waals surface area contributed by atoms with Gasteiger partial charge in [0.2, 0.25) is 0 Å². The van der Waals surface area contributed by atoms with Gasteiger partial charge in [0.1, 0.15) is 5.75 Å². The van der Waals surface area contributed by atoms with Gasteiger partial charge in [-0.25, -0.2) is 0 Å². The number of nitrogens with one attached hydrogen (secondary N) is 1. The van der Waals surface area contributed by atoms with Gasteiger partial charge < -0.3 is 10.1 Å². The lowest BCUT2D eigenvalue weighted by atomic mass is 9.58. The highest BCUT2D eigenvalue weighted by molar-refractivity contribution is 9.10. The Labute approximate surface area is 117 Å². The van der Waals surface area contributed by atoms with Gasteiger partial charge in [-0.3, -0.25) is 0 Å². The lowest BCUT2D eigenvalue weighted by Gasteiger charge is -2.54. The lowest BCUT2D eigenvalue weighted by Crippen LogP contribution is -2.60. The maximum atomic E-state index is 5.90. The third-order valence-corrected chi connectivity index (χ3v) is 5.30. The summed E-state index contributed by atoms with van der Waals surface area (Å²) in [5, 5.41) is 3.38. The molecule has 18 heavy (non-hydrogen) atoms. The van der Waals surface area contributed by atoms with Crippen molar-refractivity contribution in [1.82, 2.24) is 5.32 Å². The minimum atomic E-state index is 0.691. The first-order valence-corrected chi connectivity index (χ1v) is 7.56. The minimum absolute atomic E-state index is 0.691. The van der Waals surface area contributed by atoms with Gasteiger partial charge in [-0.15, -0.1) is 0 Å². The third kappa shape index (κ3) is 2.30. The molecule has 1 saturated carbocycles. The molecule has 2 aliphatic rings. The van der Waals surface area contributed by atoms with E-state index in [0.29, 0.717) is 5.41 Å². The van der Waals surface area contributed by atoms with Crippen LogP contribution in [0.25, 0.3) is 0 Å². The molecule has 1 heterocycles. The molecule has 0 amide bonds. The number of hydrogen-bond acceptors (Lipinski definition) is 2. The summed E-state index contributed by atoms with van der Waals surface area (Å²) in [5.41, 5.74) is 1.89. The van der Waals surface area contributed by atoms with E-state index in [1.165, 1.54) is 37.9 Å². The summed E-state index contributed by atoms with van der Waals surface area (Å²) in [6, 6.07) is 6.14. The fourth-order valence-corrected chi connectivity index (χ4v) is 3.56. The molecule has 0 bridgehead atoms. The quantitative estimate of drug-likeness (QED) is 0.918. The van der Waals surface area contributed by atoms with Crippen molar-refractivity contribution >= 4 is 15.9 Å². The first kappa shape index (κ1) is 12.5. The van der Waals surface area contributed by atoms with E-state index in [2.05, 4.69) is 40.3 Å². The van der Waals surface area contributed by atoms with Crippen LogP contribution in [0, 0.1) is 18.3 Å². The summed E-state index contributed by atoms with van der Waals surface area (Å²) in [5.74, 6) is 1.91. The van der Waals surface area contributed by atoms with Crippen LogP contribution in [0.2, 0.25) is 0 Å². The SMILES string of the molecule is Cc1c(Br)cccc1OCCC1CC2(CNC2)C1. The molecule has 1 aromatic carbocycles. The zero-order valence-corrected chi connectivity index (χ0v) is 12.4. The van der Waals surface area contributed by atoms with Crippen LogP contribution in [-0.4, -0.2) is 19.7 Å². The Bertz CT molecular complexity index is 434. The third-order valence-electron chi connectivity index (χ3n) is 4.45. The zero-order chi connectivity index (χ0) is 12.6. The van der Waals surface area contributed by atoms with Gasteiger partial charge in [0.15, 0.2) is 0 Å².